The van der Waals surface area contributed by atoms with Crippen LogP contribution in [0.1, 0.15) is 23.6 Å². The molecule has 84 valence electrons. The number of hydrogen-bond donors (Lipinski definition) is 2. The van der Waals surface area contributed by atoms with Gasteiger partial charge in [-0.05, 0) is 19.9 Å². The molecule has 0 radical (unpaired) electrons. The fraction of sp³-hybridized carbons (Fsp3) is 0.200. The first-order valence-electron chi connectivity index (χ1n) is 4.49. The maximum absolute atomic E-state index is 10.7. The number of nitrogens with zero attached hydrogens (tertiary/aromatic N) is 1. The van der Waals surface area contributed by atoms with Crippen LogP contribution in [-0.4, -0.2) is 15.6 Å². The van der Waals surface area contributed by atoms with E-state index in [4.69, 9.17) is 23.4 Å². The van der Waals surface area contributed by atoms with Gasteiger partial charge in [0, 0.05) is 28.5 Å². The summed E-state index contributed by atoms with van der Waals surface area (Å²) in [6.07, 6.45) is 0. The van der Waals surface area contributed by atoms with E-state index >= 15 is 0 Å². The van der Waals surface area contributed by atoms with Gasteiger partial charge in [0.05, 0.1) is 4.92 Å². The van der Waals surface area contributed by atoms with E-state index in [1.54, 1.807) is 13.8 Å². The van der Waals surface area contributed by atoms with Crippen LogP contribution in [0.25, 0.3) is 0 Å². The van der Waals surface area contributed by atoms with Crippen molar-refractivity contribution < 1.29 is 4.92 Å². The molecule has 0 saturated heterocycles. The number of benzene rings is 1. The van der Waals surface area contributed by atoms with Crippen molar-refractivity contribution in [3.8, 4) is 0 Å². The Morgan fingerprint density at radius 1 is 1.56 bits per heavy atom. The van der Waals surface area contributed by atoms with Gasteiger partial charge in [0.25, 0.3) is 5.69 Å². The molecular weight excluding hydrogens is 226 g/mol. The molecule has 0 aromatic heterocycles. The second-order valence-corrected chi connectivity index (χ2v) is 3.82. The van der Waals surface area contributed by atoms with Crippen molar-refractivity contribution in [1.29, 1.82) is 5.41 Å². The van der Waals surface area contributed by atoms with E-state index < -0.39 is 4.92 Å². The minimum Gasteiger partial charge on any atom is -0.389 e. The molecular formula is C10H11N3O2S. The number of thiocarbonyl (C=S) groups is 1. The molecule has 3 N–H and O–H groups in total. The zero-order valence-corrected chi connectivity index (χ0v) is 9.72. The first-order valence-corrected chi connectivity index (χ1v) is 4.90. The zero-order chi connectivity index (χ0) is 12.5. The molecule has 0 aliphatic rings. The lowest BCUT2D eigenvalue weighted by Gasteiger charge is -2.10. The van der Waals surface area contributed by atoms with Crippen LogP contribution >= 0.6 is 12.2 Å². The standard InChI is InChI=1S/C10H11N3O2S/c1-5-8(13(14)15)4-3-7(10(12)16)9(5)6(2)11/h3-4,11H,1-2H3,(H2,12,16). The van der Waals surface area contributed by atoms with E-state index in [-0.39, 0.29) is 16.4 Å². The minimum absolute atomic E-state index is 0.0263. The summed E-state index contributed by atoms with van der Waals surface area (Å²) in [5.41, 5.74) is 7.07. The lowest BCUT2D eigenvalue weighted by atomic mass is 9.97. The van der Waals surface area contributed by atoms with Gasteiger partial charge >= 0.3 is 0 Å². The summed E-state index contributed by atoms with van der Waals surface area (Å²) in [7, 11) is 0. The van der Waals surface area contributed by atoms with Crippen molar-refractivity contribution in [3.05, 3.63) is 38.9 Å². The van der Waals surface area contributed by atoms with Gasteiger partial charge in [-0.2, -0.15) is 0 Å². The highest BCUT2D eigenvalue weighted by Crippen LogP contribution is 2.25. The Bertz CT molecular complexity index is 497. The molecule has 5 nitrogen and oxygen atoms in total. The minimum atomic E-state index is -0.481. The van der Waals surface area contributed by atoms with Crippen LogP contribution in [0.15, 0.2) is 12.1 Å². The summed E-state index contributed by atoms with van der Waals surface area (Å²) in [4.78, 5) is 10.4. The van der Waals surface area contributed by atoms with Crippen LogP contribution in [0.5, 0.6) is 0 Å². The average Bonchev–Trinajstić information content (AvgIpc) is 2.15. The highest BCUT2D eigenvalue weighted by molar-refractivity contribution is 7.80. The van der Waals surface area contributed by atoms with E-state index in [1.807, 2.05) is 0 Å². The molecule has 1 aromatic rings. The molecule has 1 aromatic carbocycles. The maximum Gasteiger partial charge on any atom is 0.273 e. The van der Waals surface area contributed by atoms with Gasteiger partial charge in [0.2, 0.25) is 0 Å². The van der Waals surface area contributed by atoms with Crippen LogP contribution in [0, 0.1) is 22.4 Å². The van der Waals surface area contributed by atoms with Gasteiger partial charge in [-0.15, -0.1) is 0 Å². The number of nitrogens with two attached hydrogens (primary N) is 1. The normalized spacial score (nSPS) is 9.88. The topological polar surface area (TPSA) is 93.0 Å². The number of nitro benzene ring substituents is 1. The smallest absolute Gasteiger partial charge is 0.273 e. The van der Waals surface area contributed by atoms with Crippen molar-refractivity contribution in [1.82, 2.24) is 0 Å². The monoisotopic (exact) mass is 237 g/mol. The Morgan fingerprint density at radius 2 is 2.12 bits per heavy atom. The second kappa shape index (κ2) is 4.36. The highest BCUT2D eigenvalue weighted by atomic mass is 32.1. The van der Waals surface area contributed by atoms with E-state index in [2.05, 4.69) is 0 Å². The molecule has 1 rings (SSSR count). The van der Waals surface area contributed by atoms with Gasteiger partial charge in [0.15, 0.2) is 0 Å². The zero-order valence-electron chi connectivity index (χ0n) is 8.90. The summed E-state index contributed by atoms with van der Waals surface area (Å²) in [6.45, 7) is 3.14. The van der Waals surface area contributed by atoms with Gasteiger partial charge in [-0.3, -0.25) is 10.1 Å². The number of rotatable bonds is 3. The molecule has 0 heterocycles. The van der Waals surface area contributed by atoms with E-state index in [1.165, 1.54) is 12.1 Å². The Balaban J connectivity index is 3.60. The van der Waals surface area contributed by atoms with Crippen LogP contribution in [0.3, 0.4) is 0 Å². The van der Waals surface area contributed by atoms with Gasteiger partial charge in [0.1, 0.15) is 4.99 Å². The van der Waals surface area contributed by atoms with Crippen LogP contribution in [-0.2, 0) is 0 Å². The van der Waals surface area contributed by atoms with E-state index in [0.717, 1.165) is 0 Å². The fourth-order valence-electron chi connectivity index (χ4n) is 1.59. The molecule has 6 heteroatoms. The van der Waals surface area contributed by atoms with Crippen molar-refractivity contribution >= 4 is 28.6 Å². The number of hydrogen-bond acceptors (Lipinski definition) is 4. The Hall–Kier alpha value is -1.82. The third kappa shape index (κ3) is 2.06. The van der Waals surface area contributed by atoms with Crippen LogP contribution < -0.4 is 5.73 Å². The predicted octanol–water partition coefficient (Wildman–Crippen LogP) is 1.93. The number of nitrogens with one attached hydrogen (secondary N) is 1. The predicted molar refractivity (Wildman–Crippen MR) is 66.2 cm³/mol. The molecule has 0 aliphatic heterocycles. The Kier molecular flexibility index (Phi) is 3.34. The van der Waals surface area contributed by atoms with Gasteiger partial charge < -0.3 is 11.1 Å². The third-order valence-electron chi connectivity index (χ3n) is 2.27. The van der Waals surface area contributed by atoms with Crippen molar-refractivity contribution in [2.75, 3.05) is 0 Å². The lowest BCUT2D eigenvalue weighted by molar-refractivity contribution is -0.385. The van der Waals surface area contributed by atoms with Crippen molar-refractivity contribution in [2.45, 2.75) is 13.8 Å². The third-order valence-corrected chi connectivity index (χ3v) is 2.49. The van der Waals surface area contributed by atoms with Gasteiger partial charge in [-0.25, -0.2) is 0 Å². The van der Waals surface area contributed by atoms with Gasteiger partial charge in [-0.1, -0.05) is 12.2 Å². The average molecular weight is 237 g/mol. The van der Waals surface area contributed by atoms with Crippen LogP contribution in [0.4, 0.5) is 5.69 Å². The summed E-state index contributed by atoms with van der Waals surface area (Å²) in [6, 6.07) is 2.84. The molecule has 0 fully saturated rings. The van der Waals surface area contributed by atoms with Crippen molar-refractivity contribution in [2.24, 2.45) is 5.73 Å². The van der Waals surface area contributed by atoms with E-state index in [9.17, 15) is 10.1 Å². The first-order chi connectivity index (χ1) is 7.36. The summed E-state index contributed by atoms with van der Waals surface area (Å²) in [5, 5.41) is 18.4. The summed E-state index contributed by atoms with van der Waals surface area (Å²) in [5.74, 6) is 0. The largest absolute Gasteiger partial charge is 0.389 e. The molecule has 0 amide bonds. The molecule has 0 atom stereocenters. The number of nitro groups is 1. The lowest BCUT2D eigenvalue weighted by Crippen LogP contribution is -2.16. The maximum atomic E-state index is 10.7. The molecule has 0 aliphatic carbocycles. The second-order valence-electron chi connectivity index (χ2n) is 3.38. The fourth-order valence-corrected chi connectivity index (χ4v) is 1.76. The summed E-state index contributed by atoms with van der Waals surface area (Å²) >= 11 is 4.85. The van der Waals surface area contributed by atoms with Crippen LogP contribution in [0.2, 0.25) is 0 Å². The quantitative estimate of drug-likeness (QED) is 0.363. The highest BCUT2D eigenvalue weighted by Gasteiger charge is 2.19. The molecule has 0 saturated carbocycles. The molecule has 0 bridgehead atoms. The molecule has 0 spiro atoms. The van der Waals surface area contributed by atoms with Crippen molar-refractivity contribution in [3.63, 3.8) is 0 Å². The molecule has 0 unspecified atom stereocenters. The Labute approximate surface area is 97.9 Å². The summed E-state index contributed by atoms with van der Waals surface area (Å²) < 4.78 is 0. The first kappa shape index (κ1) is 12.3. The Morgan fingerprint density at radius 3 is 2.50 bits per heavy atom. The van der Waals surface area contributed by atoms with E-state index in [0.29, 0.717) is 16.7 Å². The SMILES string of the molecule is CC(=N)c1c(C(N)=S)ccc([N+](=O)[O-])c1C. The molecule has 16 heavy (non-hydrogen) atoms.